The minimum absolute atomic E-state index is 0.109. The third-order valence-corrected chi connectivity index (χ3v) is 4.19. The predicted molar refractivity (Wildman–Crippen MR) is 90.9 cm³/mol. The second kappa shape index (κ2) is 5.66. The number of nitrogens with one attached hydrogen (secondary N) is 1. The smallest absolute Gasteiger partial charge is 0.250 e. The van der Waals surface area contributed by atoms with Gasteiger partial charge in [0.05, 0.1) is 12.8 Å². The molecule has 0 atom stereocenters. The van der Waals surface area contributed by atoms with Gasteiger partial charge in [0.1, 0.15) is 5.75 Å². The van der Waals surface area contributed by atoms with E-state index in [1.165, 1.54) is 11.3 Å². The van der Waals surface area contributed by atoms with Crippen LogP contribution in [-0.4, -0.2) is 27.6 Å². The highest BCUT2D eigenvalue weighted by Crippen LogP contribution is 2.27. The molecule has 3 rings (SSSR count). The summed E-state index contributed by atoms with van der Waals surface area (Å²) in [5.41, 5.74) is 1.45. The molecule has 0 saturated heterocycles. The van der Waals surface area contributed by atoms with E-state index in [0.717, 1.165) is 22.0 Å². The van der Waals surface area contributed by atoms with E-state index in [-0.39, 0.29) is 5.91 Å². The molecule has 0 bridgehead atoms. The summed E-state index contributed by atoms with van der Waals surface area (Å²) in [7, 11) is 1.64. The van der Waals surface area contributed by atoms with E-state index < -0.39 is 5.41 Å². The molecule has 1 amide bonds. The van der Waals surface area contributed by atoms with Crippen molar-refractivity contribution < 1.29 is 9.53 Å². The largest absolute Gasteiger partial charge is 0.497 e. The van der Waals surface area contributed by atoms with Crippen LogP contribution < -0.4 is 10.1 Å². The van der Waals surface area contributed by atoms with Crippen molar-refractivity contribution in [2.24, 2.45) is 5.41 Å². The average molecular weight is 330 g/mol. The molecule has 0 aliphatic carbocycles. The number of hydrogen-bond acceptors (Lipinski definition) is 5. The van der Waals surface area contributed by atoms with Gasteiger partial charge in [-0.25, -0.2) is 4.52 Å². The first kappa shape index (κ1) is 15.5. The maximum atomic E-state index is 12.0. The average Bonchev–Trinajstić information content (AvgIpc) is 3.06. The number of methoxy groups -OCH3 is 1. The number of fused-ring (bicyclic) bond motifs is 1. The second-order valence-corrected chi connectivity index (χ2v) is 7.02. The molecule has 0 saturated carbocycles. The standard InChI is InChI=1S/C16H18N4O2S/c1-16(2,3)13(21)17-14-18-15-20(19-14)12(9-23-15)10-5-7-11(22-4)8-6-10/h5-9H,1-4H3,(H,17,19,21). The fourth-order valence-electron chi connectivity index (χ4n) is 1.98. The summed E-state index contributed by atoms with van der Waals surface area (Å²) < 4.78 is 6.91. The van der Waals surface area contributed by atoms with Gasteiger partial charge in [0.2, 0.25) is 16.8 Å². The summed E-state index contributed by atoms with van der Waals surface area (Å²) in [6.07, 6.45) is 0. The summed E-state index contributed by atoms with van der Waals surface area (Å²) in [4.78, 5) is 17.1. The van der Waals surface area contributed by atoms with Crippen LogP contribution in [0.4, 0.5) is 5.95 Å². The quantitative estimate of drug-likeness (QED) is 0.798. The highest BCUT2D eigenvalue weighted by Gasteiger charge is 2.23. The topological polar surface area (TPSA) is 68.5 Å². The van der Waals surface area contributed by atoms with E-state index in [4.69, 9.17) is 4.74 Å². The summed E-state index contributed by atoms with van der Waals surface area (Å²) in [5, 5.41) is 9.15. The number of ether oxygens (including phenoxy) is 1. The van der Waals surface area contributed by atoms with Crippen molar-refractivity contribution in [3.63, 3.8) is 0 Å². The molecule has 3 aromatic rings. The Hall–Kier alpha value is -2.41. The van der Waals surface area contributed by atoms with Crippen LogP contribution in [0.2, 0.25) is 0 Å². The van der Waals surface area contributed by atoms with Crippen LogP contribution >= 0.6 is 11.3 Å². The Morgan fingerprint density at radius 2 is 1.96 bits per heavy atom. The first-order chi connectivity index (χ1) is 10.9. The first-order valence-corrected chi connectivity index (χ1v) is 8.06. The lowest BCUT2D eigenvalue weighted by atomic mass is 9.96. The lowest BCUT2D eigenvalue weighted by molar-refractivity contribution is -0.123. The minimum atomic E-state index is -0.489. The molecule has 120 valence electrons. The third-order valence-electron chi connectivity index (χ3n) is 3.37. The number of rotatable bonds is 3. The Bertz CT molecular complexity index is 843. The van der Waals surface area contributed by atoms with Crippen LogP contribution in [0.5, 0.6) is 5.75 Å². The van der Waals surface area contributed by atoms with Gasteiger partial charge in [-0.1, -0.05) is 20.8 Å². The zero-order valence-electron chi connectivity index (χ0n) is 13.5. The van der Waals surface area contributed by atoms with Crippen LogP contribution in [0.15, 0.2) is 29.6 Å². The molecular formula is C16H18N4O2S. The van der Waals surface area contributed by atoms with Crippen molar-refractivity contribution in [3.8, 4) is 17.0 Å². The highest BCUT2D eigenvalue weighted by atomic mass is 32.1. The van der Waals surface area contributed by atoms with Crippen molar-refractivity contribution in [3.05, 3.63) is 29.6 Å². The molecule has 1 aromatic carbocycles. The molecule has 0 spiro atoms. The summed E-state index contributed by atoms with van der Waals surface area (Å²) >= 11 is 1.48. The number of aromatic nitrogens is 3. The Labute approximate surface area is 138 Å². The SMILES string of the molecule is COc1ccc(-c2csc3nc(NC(=O)C(C)(C)C)nn23)cc1. The van der Waals surface area contributed by atoms with Gasteiger partial charge in [0, 0.05) is 16.4 Å². The normalized spacial score (nSPS) is 11.7. The van der Waals surface area contributed by atoms with Gasteiger partial charge in [-0.2, -0.15) is 4.98 Å². The number of carbonyl (C=O) groups excluding carboxylic acids is 1. The molecule has 23 heavy (non-hydrogen) atoms. The molecule has 0 radical (unpaired) electrons. The number of anilines is 1. The number of hydrogen-bond donors (Lipinski definition) is 1. The Kier molecular flexibility index (Phi) is 3.81. The zero-order chi connectivity index (χ0) is 16.6. The molecular weight excluding hydrogens is 312 g/mol. The highest BCUT2D eigenvalue weighted by molar-refractivity contribution is 7.15. The van der Waals surface area contributed by atoms with E-state index in [9.17, 15) is 4.79 Å². The van der Waals surface area contributed by atoms with Gasteiger partial charge in [-0.3, -0.25) is 10.1 Å². The number of nitrogens with zero attached hydrogens (tertiary/aromatic N) is 3. The number of carbonyl (C=O) groups is 1. The van der Waals surface area contributed by atoms with Crippen molar-refractivity contribution >= 4 is 28.2 Å². The fourth-order valence-corrected chi connectivity index (χ4v) is 2.81. The Balaban J connectivity index is 1.92. The monoisotopic (exact) mass is 330 g/mol. The lowest BCUT2D eigenvalue weighted by Crippen LogP contribution is -2.28. The molecule has 2 heterocycles. The van der Waals surface area contributed by atoms with Crippen molar-refractivity contribution in [1.29, 1.82) is 0 Å². The van der Waals surface area contributed by atoms with Crippen molar-refractivity contribution in [1.82, 2.24) is 14.6 Å². The number of amides is 1. The van der Waals surface area contributed by atoms with Crippen molar-refractivity contribution in [2.45, 2.75) is 20.8 Å². The maximum absolute atomic E-state index is 12.0. The third kappa shape index (κ3) is 3.05. The summed E-state index contributed by atoms with van der Waals surface area (Å²) in [5.74, 6) is 1.02. The van der Waals surface area contributed by atoms with Gasteiger partial charge >= 0.3 is 0 Å². The fraction of sp³-hybridized carbons (Fsp3) is 0.312. The van der Waals surface area contributed by atoms with Gasteiger partial charge in [-0.05, 0) is 24.3 Å². The molecule has 6 nitrogen and oxygen atoms in total. The molecule has 2 aromatic heterocycles. The van der Waals surface area contributed by atoms with E-state index in [2.05, 4.69) is 15.4 Å². The van der Waals surface area contributed by atoms with Crippen LogP contribution in [0.1, 0.15) is 20.8 Å². The van der Waals surface area contributed by atoms with Crippen LogP contribution in [-0.2, 0) is 4.79 Å². The van der Waals surface area contributed by atoms with Crippen LogP contribution in [0.25, 0.3) is 16.2 Å². The minimum Gasteiger partial charge on any atom is -0.497 e. The van der Waals surface area contributed by atoms with E-state index in [1.54, 1.807) is 11.6 Å². The van der Waals surface area contributed by atoms with Crippen molar-refractivity contribution in [2.75, 3.05) is 12.4 Å². The number of benzene rings is 1. The van der Waals surface area contributed by atoms with E-state index >= 15 is 0 Å². The summed E-state index contributed by atoms with van der Waals surface area (Å²) in [6.45, 7) is 5.55. The first-order valence-electron chi connectivity index (χ1n) is 7.18. The number of thiazole rings is 1. The van der Waals surface area contributed by atoms with Crippen LogP contribution in [0.3, 0.4) is 0 Å². The van der Waals surface area contributed by atoms with Gasteiger partial charge in [0.15, 0.2) is 0 Å². The molecule has 0 aliphatic heterocycles. The molecule has 1 N–H and O–H groups in total. The van der Waals surface area contributed by atoms with Gasteiger partial charge in [0.25, 0.3) is 0 Å². The molecule has 0 unspecified atom stereocenters. The molecule has 7 heteroatoms. The lowest BCUT2D eigenvalue weighted by Gasteiger charge is -2.15. The predicted octanol–water partition coefficient (Wildman–Crippen LogP) is 3.45. The van der Waals surface area contributed by atoms with Gasteiger partial charge in [-0.15, -0.1) is 16.4 Å². The van der Waals surface area contributed by atoms with Crippen LogP contribution in [0, 0.1) is 5.41 Å². The van der Waals surface area contributed by atoms with E-state index in [1.807, 2.05) is 50.4 Å². The van der Waals surface area contributed by atoms with Gasteiger partial charge < -0.3 is 4.74 Å². The maximum Gasteiger partial charge on any atom is 0.250 e. The van der Waals surface area contributed by atoms with E-state index in [0.29, 0.717) is 5.95 Å². The molecule has 0 fully saturated rings. The zero-order valence-corrected chi connectivity index (χ0v) is 14.3. The second-order valence-electron chi connectivity index (χ2n) is 6.18. The molecule has 0 aliphatic rings. The summed E-state index contributed by atoms with van der Waals surface area (Å²) in [6, 6.07) is 7.74. The Morgan fingerprint density at radius 1 is 1.26 bits per heavy atom. The Morgan fingerprint density at radius 3 is 2.57 bits per heavy atom.